The van der Waals surface area contributed by atoms with Gasteiger partial charge in [-0.15, -0.1) is 6.42 Å². The number of hydrogen-bond acceptors (Lipinski definition) is 6. The molecule has 2 N–H and O–H groups in total. The van der Waals surface area contributed by atoms with Gasteiger partial charge in [-0.1, -0.05) is 39.1 Å². The van der Waals surface area contributed by atoms with Crippen LogP contribution >= 0.6 is 15.9 Å². The third kappa shape index (κ3) is 4.95. The lowest BCUT2D eigenvalue weighted by atomic mass is 9.87. The maximum Gasteiger partial charge on any atom is 0.319 e. The number of halogens is 1. The first-order valence-electron chi connectivity index (χ1n) is 11.5. The summed E-state index contributed by atoms with van der Waals surface area (Å²) in [5.74, 6) is 4.02. The van der Waals surface area contributed by atoms with Gasteiger partial charge in [0.15, 0.2) is 5.76 Å². The van der Waals surface area contributed by atoms with Crippen molar-refractivity contribution in [1.29, 1.82) is 0 Å². The normalized spacial score (nSPS) is 19.7. The van der Waals surface area contributed by atoms with Crippen LogP contribution in [0.5, 0.6) is 0 Å². The molecule has 9 nitrogen and oxygen atoms in total. The van der Waals surface area contributed by atoms with Crippen LogP contribution < -0.4 is 15.8 Å². The molecule has 2 aromatic heterocycles. The summed E-state index contributed by atoms with van der Waals surface area (Å²) in [7, 11) is 0. The van der Waals surface area contributed by atoms with E-state index in [1.165, 1.54) is 12.3 Å². The molecule has 2 aliphatic rings. The van der Waals surface area contributed by atoms with Gasteiger partial charge in [-0.05, 0) is 37.8 Å². The number of aromatic amines is 1. The number of nitrogens with one attached hydrogen (secondary N) is 2. The van der Waals surface area contributed by atoms with Crippen molar-refractivity contribution in [3.8, 4) is 23.7 Å². The molecular formula is C25H25BrN6O3. The molecule has 5 rings (SSSR count). The third-order valence-corrected chi connectivity index (χ3v) is 6.87. The lowest BCUT2D eigenvalue weighted by Gasteiger charge is -2.46. The Morgan fingerprint density at radius 2 is 2.23 bits per heavy atom. The van der Waals surface area contributed by atoms with Crippen LogP contribution in [0.4, 0.5) is 10.7 Å². The van der Waals surface area contributed by atoms with Gasteiger partial charge in [0.1, 0.15) is 11.2 Å². The van der Waals surface area contributed by atoms with Crippen molar-refractivity contribution in [2.24, 2.45) is 0 Å². The summed E-state index contributed by atoms with van der Waals surface area (Å²) >= 11 is 3.46. The first kappa shape index (κ1) is 23.2. The number of anilines is 1. The van der Waals surface area contributed by atoms with Crippen LogP contribution in [0.3, 0.4) is 0 Å². The van der Waals surface area contributed by atoms with E-state index in [0.717, 1.165) is 29.3 Å². The number of benzene rings is 1. The third-order valence-electron chi connectivity index (χ3n) is 6.38. The lowest BCUT2D eigenvalue weighted by molar-refractivity contribution is 0.127. The summed E-state index contributed by atoms with van der Waals surface area (Å²) in [4.78, 5) is 36.1. The molecule has 1 saturated carbocycles. The van der Waals surface area contributed by atoms with Crippen LogP contribution in [-0.2, 0) is 6.54 Å². The standard InChI is InChI=1S/C25H25BrN6O3/c1-2-25(10-4-12-31(16-25)23-27-11-9-22(33)29-23)32(20-7-8-20)24(34)28-15-19-14-21(35-30-19)17-5-3-6-18(26)13-17/h1,3,5-6,9,11,13-14,20H,4,7-8,10,12,15-16H2,(H,28,34)(H,27,29,33)/t25-/m0/s1. The average Bonchev–Trinajstić information content (AvgIpc) is 3.57. The van der Waals surface area contributed by atoms with E-state index in [2.05, 4.69) is 42.3 Å². The van der Waals surface area contributed by atoms with E-state index in [9.17, 15) is 9.59 Å². The second kappa shape index (κ2) is 9.58. The zero-order valence-corrected chi connectivity index (χ0v) is 20.6. The summed E-state index contributed by atoms with van der Waals surface area (Å²) < 4.78 is 6.42. The molecule has 3 heterocycles. The number of carbonyl (C=O) groups excluding carboxylic acids is 1. The second-order valence-corrected chi connectivity index (χ2v) is 9.83. The van der Waals surface area contributed by atoms with E-state index in [1.807, 2.05) is 40.1 Å². The number of nitrogens with zero attached hydrogens (tertiary/aromatic N) is 4. The number of amides is 2. The zero-order chi connectivity index (χ0) is 24.4. The van der Waals surface area contributed by atoms with E-state index in [0.29, 0.717) is 36.9 Å². The van der Waals surface area contributed by atoms with Crippen molar-refractivity contribution in [2.45, 2.75) is 43.8 Å². The summed E-state index contributed by atoms with van der Waals surface area (Å²) in [6.45, 7) is 1.32. The highest BCUT2D eigenvalue weighted by atomic mass is 79.9. The molecule has 0 bridgehead atoms. The minimum absolute atomic E-state index is 0.0864. The van der Waals surface area contributed by atoms with Crippen LogP contribution in [0.2, 0.25) is 0 Å². The van der Waals surface area contributed by atoms with Gasteiger partial charge in [-0.25, -0.2) is 9.78 Å². The highest BCUT2D eigenvalue weighted by molar-refractivity contribution is 9.10. The molecule has 0 unspecified atom stereocenters. The topological polar surface area (TPSA) is 107 Å². The predicted molar refractivity (Wildman–Crippen MR) is 135 cm³/mol. The van der Waals surface area contributed by atoms with Crippen LogP contribution in [0.15, 0.2) is 56.4 Å². The van der Waals surface area contributed by atoms with E-state index in [1.54, 1.807) is 0 Å². The molecule has 1 aliphatic carbocycles. The average molecular weight is 537 g/mol. The van der Waals surface area contributed by atoms with Gasteiger partial charge in [-0.2, -0.15) is 0 Å². The van der Waals surface area contributed by atoms with Gasteiger partial charge in [0.25, 0.3) is 5.56 Å². The van der Waals surface area contributed by atoms with Gasteiger partial charge >= 0.3 is 6.03 Å². The number of urea groups is 1. The monoisotopic (exact) mass is 536 g/mol. The van der Waals surface area contributed by atoms with Crippen molar-refractivity contribution < 1.29 is 9.32 Å². The fraction of sp³-hybridized carbons (Fsp3) is 0.360. The fourth-order valence-electron chi connectivity index (χ4n) is 4.59. The smallest absolute Gasteiger partial charge is 0.319 e. The fourth-order valence-corrected chi connectivity index (χ4v) is 4.99. The van der Waals surface area contributed by atoms with Crippen molar-refractivity contribution in [1.82, 2.24) is 25.3 Å². The van der Waals surface area contributed by atoms with Crippen LogP contribution in [-0.4, -0.2) is 50.7 Å². The van der Waals surface area contributed by atoms with E-state index in [-0.39, 0.29) is 24.2 Å². The maximum atomic E-state index is 13.4. The summed E-state index contributed by atoms with van der Waals surface area (Å²) in [6.07, 6.45) is 10.8. The Hall–Kier alpha value is -3.58. The first-order chi connectivity index (χ1) is 17.0. The van der Waals surface area contributed by atoms with Gasteiger partial charge in [0, 0.05) is 41.0 Å². The van der Waals surface area contributed by atoms with E-state index >= 15 is 0 Å². The summed E-state index contributed by atoms with van der Waals surface area (Å²) in [5.41, 5.74) is 0.488. The molecule has 180 valence electrons. The van der Waals surface area contributed by atoms with Gasteiger partial charge in [0.05, 0.1) is 13.1 Å². The largest absolute Gasteiger partial charge is 0.356 e. The molecule has 1 saturated heterocycles. The predicted octanol–water partition coefficient (Wildman–Crippen LogP) is 3.53. The van der Waals surface area contributed by atoms with Crippen molar-refractivity contribution in [3.63, 3.8) is 0 Å². The Balaban J connectivity index is 1.31. The molecule has 1 aromatic carbocycles. The van der Waals surface area contributed by atoms with Gasteiger partial charge in [-0.3, -0.25) is 9.78 Å². The number of rotatable bonds is 6. The molecule has 0 radical (unpaired) electrons. The van der Waals surface area contributed by atoms with Gasteiger partial charge in [0.2, 0.25) is 5.95 Å². The number of aromatic nitrogens is 3. The molecule has 2 fully saturated rings. The minimum atomic E-state index is -0.802. The Labute approximate surface area is 211 Å². The highest BCUT2D eigenvalue weighted by Gasteiger charge is 2.48. The number of terminal acetylenes is 1. The number of carbonyl (C=O) groups is 1. The Morgan fingerprint density at radius 3 is 2.97 bits per heavy atom. The van der Waals surface area contributed by atoms with Crippen molar-refractivity contribution in [2.75, 3.05) is 18.0 Å². The highest BCUT2D eigenvalue weighted by Crippen LogP contribution is 2.38. The number of piperidine rings is 1. The van der Waals surface area contributed by atoms with E-state index < -0.39 is 5.54 Å². The van der Waals surface area contributed by atoms with Crippen LogP contribution in [0.1, 0.15) is 31.4 Å². The summed E-state index contributed by atoms with van der Waals surface area (Å²) in [5, 5.41) is 7.09. The van der Waals surface area contributed by atoms with Crippen LogP contribution in [0.25, 0.3) is 11.3 Å². The Morgan fingerprint density at radius 1 is 1.37 bits per heavy atom. The van der Waals surface area contributed by atoms with Gasteiger partial charge < -0.3 is 19.6 Å². The van der Waals surface area contributed by atoms with Crippen LogP contribution in [0, 0.1) is 12.3 Å². The molecule has 2 amide bonds. The molecule has 1 aliphatic heterocycles. The Kier molecular flexibility index (Phi) is 6.34. The van der Waals surface area contributed by atoms with E-state index in [4.69, 9.17) is 10.9 Å². The van der Waals surface area contributed by atoms with Crippen molar-refractivity contribution >= 4 is 27.9 Å². The summed E-state index contributed by atoms with van der Waals surface area (Å²) in [6, 6.07) is 10.8. The molecule has 1 atom stereocenters. The first-order valence-corrected chi connectivity index (χ1v) is 12.3. The number of H-pyrrole nitrogens is 1. The quantitative estimate of drug-likeness (QED) is 0.466. The zero-order valence-electron chi connectivity index (χ0n) is 19.0. The molecule has 35 heavy (non-hydrogen) atoms. The Bertz CT molecular complexity index is 1330. The minimum Gasteiger partial charge on any atom is -0.356 e. The SMILES string of the molecule is C#C[C@]1(N(C(=O)NCc2cc(-c3cccc(Br)c3)on2)C2CC2)CCCN(c2nccc(=O)[nH]2)C1. The molecular weight excluding hydrogens is 512 g/mol. The molecule has 10 heteroatoms. The molecule has 3 aromatic rings. The van der Waals surface area contributed by atoms with Crippen molar-refractivity contribution in [3.05, 3.63) is 63.1 Å². The maximum absolute atomic E-state index is 13.4. The molecule has 0 spiro atoms. The lowest BCUT2D eigenvalue weighted by Crippen LogP contribution is -2.62. The number of hydrogen-bond donors (Lipinski definition) is 2. The second-order valence-electron chi connectivity index (χ2n) is 8.91.